The summed E-state index contributed by atoms with van der Waals surface area (Å²) in [6, 6.07) is 8.50. The first-order valence-electron chi connectivity index (χ1n) is 6.65. The number of benzene rings is 1. The lowest BCUT2D eigenvalue weighted by atomic mass is 10.1. The standard InChI is InChI=1S/C15H18N2OS/c1-11-17-15(10-19-11)13-2-4-14(5-3-13)16-8-12-6-7-18-9-12/h2-5,10,12,16H,6-9H2,1H3. The minimum absolute atomic E-state index is 0.654. The van der Waals surface area contributed by atoms with Gasteiger partial charge in [0.05, 0.1) is 17.3 Å². The second kappa shape index (κ2) is 5.72. The molecule has 0 spiro atoms. The van der Waals surface area contributed by atoms with Crippen LogP contribution < -0.4 is 5.32 Å². The molecule has 2 aromatic rings. The molecule has 1 saturated heterocycles. The fraction of sp³-hybridized carbons (Fsp3) is 0.400. The molecule has 0 bridgehead atoms. The number of aryl methyl sites for hydroxylation is 1. The van der Waals surface area contributed by atoms with Gasteiger partial charge in [-0.1, -0.05) is 12.1 Å². The Hall–Kier alpha value is -1.39. The fourth-order valence-electron chi connectivity index (χ4n) is 2.26. The molecule has 1 atom stereocenters. The normalized spacial score (nSPS) is 18.7. The number of nitrogens with zero attached hydrogens (tertiary/aromatic N) is 1. The smallest absolute Gasteiger partial charge is 0.0901 e. The van der Waals surface area contributed by atoms with Gasteiger partial charge in [-0.15, -0.1) is 11.3 Å². The van der Waals surface area contributed by atoms with Crippen molar-refractivity contribution in [1.29, 1.82) is 0 Å². The Morgan fingerprint density at radius 2 is 2.21 bits per heavy atom. The summed E-state index contributed by atoms with van der Waals surface area (Å²) in [7, 11) is 0. The monoisotopic (exact) mass is 274 g/mol. The van der Waals surface area contributed by atoms with Gasteiger partial charge in [0, 0.05) is 35.7 Å². The third-order valence-corrected chi connectivity index (χ3v) is 4.19. The molecule has 1 unspecified atom stereocenters. The van der Waals surface area contributed by atoms with Crippen LogP contribution in [0.15, 0.2) is 29.6 Å². The highest BCUT2D eigenvalue weighted by atomic mass is 32.1. The number of ether oxygens (including phenoxy) is 1. The van der Waals surface area contributed by atoms with Crippen LogP contribution in [-0.2, 0) is 4.74 Å². The van der Waals surface area contributed by atoms with Gasteiger partial charge in [0.25, 0.3) is 0 Å². The van der Waals surface area contributed by atoms with Crippen LogP contribution in [0.4, 0.5) is 5.69 Å². The molecule has 1 aliphatic rings. The summed E-state index contributed by atoms with van der Waals surface area (Å²) in [4.78, 5) is 4.50. The molecule has 3 nitrogen and oxygen atoms in total. The maximum absolute atomic E-state index is 5.38. The summed E-state index contributed by atoms with van der Waals surface area (Å²) >= 11 is 1.69. The van der Waals surface area contributed by atoms with Crippen LogP contribution in [0.2, 0.25) is 0 Å². The van der Waals surface area contributed by atoms with Gasteiger partial charge < -0.3 is 10.1 Å². The highest BCUT2D eigenvalue weighted by molar-refractivity contribution is 7.09. The lowest BCUT2D eigenvalue weighted by Crippen LogP contribution is -2.13. The number of thiazole rings is 1. The third kappa shape index (κ3) is 3.14. The van der Waals surface area contributed by atoms with E-state index < -0.39 is 0 Å². The van der Waals surface area contributed by atoms with Gasteiger partial charge in [-0.05, 0) is 25.5 Å². The molecule has 0 aliphatic carbocycles. The SMILES string of the molecule is Cc1nc(-c2ccc(NCC3CCOC3)cc2)cs1. The minimum atomic E-state index is 0.654. The van der Waals surface area contributed by atoms with Crippen LogP contribution in [0.3, 0.4) is 0 Å². The number of nitrogens with one attached hydrogen (secondary N) is 1. The summed E-state index contributed by atoms with van der Waals surface area (Å²) in [6.45, 7) is 4.83. The molecular weight excluding hydrogens is 256 g/mol. The minimum Gasteiger partial charge on any atom is -0.385 e. The van der Waals surface area contributed by atoms with Crippen molar-refractivity contribution in [3.63, 3.8) is 0 Å². The van der Waals surface area contributed by atoms with E-state index in [0.717, 1.165) is 30.5 Å². The second-order valence-electron chi connectivity index (χ2n) is 4.94. The fourth-order valence-corrected chi connectivity index (χ4v) is 2.88. The summed E-state index contributed by atoms with van der Waals surface area (Å²) in [5.74, 6) is 0.654. The first-order valence-corrected chi connectivity index (χ1v) is 7.53. The Balaban J connectivity index is 1.62. The van der Waals surface area contributed by atoms with Crippen LogP contribution in [-0.4, -0.2) is 24.7 Å². The summed E-state index contributed by atoms with van der Waals surface area (Å²) in [5, 5.41) is 6.69. The zero-order valence-electron chi connectivity index (χ0n) is 11.1. The number of aromatic nitrogens is 1. The van der Waals surface area contributed by atoms with Crippen molar-refractivity contribution in [3.8, 4) is 11.3 Å². The first-order chi connectivity index (χ1) is 9.31. The molecule has 2 heterocycles. The van der Waals surface area contributed by atoms with Crippen molar-refractivity contribution in [3.05, 3.63) is 34.7 Å². The van der Waals surface area contributed by atoms with Crippen LogP contribution in [0.5, 0.6) is 0 Å². The molecule has 0 radical (unpaired) electrons. The van der Waals surface area contributed by atoms with E-state index >= 15 is 0 Å². The van der Waals surface area contributed by atoms with E-state index in [1.165, 1.54) is 17.7 Å². The quantitative estimate of drug-likeness (QED) is 0.925. The predicted molar refractivity (Wildman–Crippen MR) is 79.7 cm³/mol. The van der Waals surface area contributed by atoms with Crippen molar-refractivity contribution in [1.82, 2.24) is 4.98 Å². The molecule has 0 saturated carbocycles. The highest BCUT2D eigenvalue weighted by Gasteiger charge is 2.14. The van der Waals surface area contributed by atoms with E-state index in [1.807, 2.05) is 6.92 Å². The number of rotatable bonds is 4. The summed E-state index contributed by atoms with van der Waals surface area (Å²) < 4.78 is 5.38. The average molecular weight is 274 g/mol. The Bertz CT molecular complexity index is 529. The van der Waals surface area contributed by atoms with Crippen molar-refractivity contribution in [2.45, 2.75) is 13.3 Å². The van der Waals surface area contributed by atoms with Crippen LogP contribution in [0.1, 0.15) is 11.4 Å². The van der Waals surface area contributed by atoms with E-state index in [0.29, 0.717) is 5.92 Å². The van der Waals surface area contributed by atoms with Gasteiger partial charge in [-0.2, -0.15) is 0 Å². The van der Waals surface area contributed by atoms with Crippen molar-refractivity contribution >= 4 is 17.0 Å². The van der Waals surface area contributed by atoms with Crippen molar-refractivity contribution < 1.29 is 4.74 Å². The number of anilines is 1. The third-order valence-electron chi connectivity index (χ3n) is 3.42. The Kier molecular flexibility index (Phi) is 3.80. The molecule has 4 heteroatoms. The number of hydrogen-bond donors (Lipinski definition) is 1. The van der Waals surface area contributed by atoms with E-state index in [2.05, 4.69) is 39.9 Å². The Morgan fingerprint density at radius 3 is 2.84 bits per heavy atom. The molecule has 0 amide bonds. The van der Waals surface area contributed by atoms with E-state index in [9.17, 15) is 0 Å². The molecular formula is C15H18N2OS. The van der Waals surface area contributed by atoms with Gasteiger partial charge in [-0.25, -0.2) is 4.98 Å². The van der Waals surface area contributed by atoms with Gasteiger partial charge in [0.1, 0.15) is 0 Å². The zero-order chi connectivity index (χ0) is 13.1. The molecule has 1 aliphatic heterocycles. The summed E-state index contributed by atoms with van der Waals surface area (Å²) in [5.41, 5.74) is 3.42. The second-order valence-corrected chi connectivity index (χ2v) is 6.00. The van der Waals surface area contributed by atoms with Crippen LogP contribution in [0, 0.1) is 12.8 Å². The van der Waals surface area contributed by atoms with Crippen LogP contribution >= 0.6 is 11.3 Å². The topological polar surface area (TPSA) is 34.2 Å². The maximum Gasteiger partial charge on any atom is 0.0901 e. The van der Waals surface area contributed by atoms with Gasteiger partial charge in [0.15, 0.2) is 0 Å². The summed E-state index contributed by atoms with van der Waals surface area (Å²) in [6.07, 6.45) is 1.17. The van der Waals surface area contributed by atoms with Crippen molar-refractivity contribution in [2.24, 2.45) is 5.92 Å². The van der Waals surface area contributed by atoms with E-state index in [1.54, 1.807) is 11.3 Å². The largest absolute Gasteiger partial charge is 0.385 e. The molecule has 19 heavy (non-hydrogen) atoms. The van der Waals surface area contributed by atoms with Gasteiger partial charge >= 0.3 is 0 Å². The molecule has 1 aromatic heterocycles. The zero-order valence-corrected chi connectivity index (χ0v) is 11.9. The molecule has 100 valence electrons. The Morgan fingerprint density at radius 1 is 1.37 bits per heavy atom. The molecule has 1 N–H and O–H groups in total. The lowest BCUT2D eigenvalue weighted by molar-refractivity contribution is 0.187. The number of hydrogen-bond acceptors (Lipinski definition) is 4. The van der Waals surface area contributed by atoms with Gasteiger partial charge in [0.2, 0.25) is 0 Å². The average Bonchev–Trinajstić information content (AvgIpc) is 3.08. The molecule has 1 aromatic carbocycles. The van der Waals surface area contributed by atoms with E-state index in [4.69, 9.17) is 4.74 Å². The predicted octanol–water partition coefficient (Wildman–Crippen LogP) is 3.57. The van der Waals surface area contributed by atoms with E-state index in [-0.39, 0.29) is 0 Å². The molecule has 1 fully saturated rings. The maximum atomic E-state index is 5.38. The van der Waals surface area contributed by atoms with Crippen LogP contribution in [0.25, 0.3) is 11.3 Å². The van der Waals surface area contributed by atoms with Gasteiger partial charge in [-0.3, -0.25) is 0 Å². The lowest BCUT2D eigenvalue weighted by Gasteiger charge is -2.10. The van der Waals surface area contributed by atoms with Crippen molar-refractivity contribution in [2.75, 3.05) is 25.1 Å². The molecule has 3 rings (SSSR count). The Labute approximate surface area is 117 Å². The first kappa shape index (κ1) is 12.6. The highest BCUT2D eigenvalue weighted by Crippen LogP contribution is 2.23.